The molecule has 0 atom stereocenters. The van der Waals surface area contributed by atoms with Crippen LogP contribution in [0.2, 0.25) is 0 Å². The normalized spacial score (nSPS) is 0. The molecule has 0 rings (SSSR count). The molecule has 0 aromatic carbocycles. The van der Waals surface area contributed by atoms with E-state index in [1.165, 1.54) is 0 Å². The molecular formula is H8AlLiMgSr. The molecule has 0 aliphatic rings. The summed E-state index contributed by atoms with van der Waals surface area (Å²) in [6.45, 7) is 0. The van der Waals surface area contributed by atoms with Crippen molar-refractivity contribution in [3.8, 4) is 0 Å². The van der Waals surface area contributed by atoms with Crippen molar-refractivity contribution in [3.63, 3.8) is 0 Å². The molecule has 0 fully saturated rings. The maximum atomic E-state index is 0. The molecule has 0 saturated heterocycles. The van der Waals surface area contributed by atoms with E-state index in [4.69, 9.17) is 0 Å². The Balaban J connectivity index is 0. The molecule has 0 aromatic heterocycles. The van der Waals surface area contributed by atoms with Gasteiger partial charge in [0, 0.05) is 0 Å². The third kappa shape index (κ3) is 9.03. The van der Waals surface area contributed by atoms with E-state index in [0.29, 0.717) is 0 Å². The molecule has 0 aromatic rings. The zero-order valence-electron chi connectivity index (χ0n) is 0. The van der Waals surface area contributed by atoms with Crippen molar-refractivity contribution in [2.45, 2.75) is 0 Å². The summed E-state index contributed by atoms with van der Waals surface area (Å²) in [4.78, 5) is 0. The predicted octanol–water partition coefficient (Wildman–Crippen LogP) is -3.66. The van der Waals surface area contributed by atoms with Gasteiger partial charge in [0.25, 0.3) is 0 Å². The van der Waals surface area contributed by atoms with E-state index in [9.17, 15) is 0 Å². The monoisotopic (exact) mass is 154 g/mol. The standard InChI is InChI=1S/Al.Li.Mg.Sr.8H. The summed E-state index contributed by atoms with van der Waals surface area (Å²) in [7, 11) is 0. The van der Waals surface area contributed by atoms with Crippen molar-refractivity contribution < 1.29 is 0 Å². The van der Waals surface area contributed by atoms with Crippen LogP contribution in [0.4, 0.5) is 0 Å². The van der Waals surface area contributed by atoms with Gasteiger partial charge < -0.3 is 0 Å². The van der Waals surface area contributed by atoms with Gasteiger partial charge in [0.2, 0.25) is 0 Å². The molecule has 0 saturated carbocycles. The second-order valence-corrected chi connectivity index (χ2v) is 0. The third-order valence-corrected chi connectivity index (χ3v) is 0. The van der Waals surface area contributed by atoms with Crippen molar-refractivity contribution in [2.75, 3.05) is 0 Å². The van der Waals surface area contributed by atoms with Crippen LogP contribution in [0.3, 0.4) is 0 Å². The molecular weight excluding hydrogens is 146 g/mol. The molecule has 16 valence electrons. The van der Waals surface area contributed by atoms with Crippen LogP contribution in [-0.4, -0.2) is 105 Å². The van der Waals surface area contributed by atoms with Gasteiger partial charge >= 0.3 is 87.4 Å². The topological polar surface area (TPSA) is 0 Å². The molecule has 0 bridgehead atoms. The predicted molar refractivity (Wildman–Crippen MR) is 34.2 cm³/mol. The molecule has 0 aliphatic carbocycles. The maximum absolute atomic E-state index is 0. The van der Waals surface area contributed by atoms with Crippen LogP contribution in [0, 0.1) is 0 Å². The zero-order chi connectivity index (χ0) is 0. The Labute approximate surface area is 102 Å². The zero-order valence-corrected chi connectivity index (χ0v) is 0. The average Bonchev–Trinajstić information content (AvgIpc) is 0. The van der Waals surface area contributed by atoms with E-state index in [1.54, 1.807) is 0 Å². The summed E-state index contributed by atoms with van der Waals surface area (Å²) in [6, 6.07) is 0. The van der Waals surface area contributed by atoms with Gasteiger partial charge in [0.1, 0.15) is 0 Å². The van der Waals surface area contributed by atoms with Crippen molar-refractivity contribution in [3.05, 3.63) is 0 Å². The first-order valence-corrected chi connectivity index (χ1v) is 0. The van der Waals surface area contributed by atoms with Gasteiger partial charge in [0.05, 0.1) is 0 Å². The van der Waals surface area contributed by atoms with Crippen molar-refractivity contribution in [1.29, 1.82) is 0 Å². The third-order valence-electron chi connectivity index (χ3n) is 0. The molecule has 0 amide bonds. The minimum absolute atomic E-state index is 0. The Kier molecular flexibility index (Phi) is 106. The van der Waals surface area contributed by atoms with Gasteiger partial charge in [-0.25, -0.2) is 0 Å². The van der Waals surface area contributed by atoms with Gasteiger partial charge in [0.15, 0.2) is 17.4 Å². The molecule has 0 heterocycles. The van der Waals surface area contributed by atoms with E-state index >= 15 is 0 Å². The van der Waals surface area contributed by atoms with E-state index < -0.39 is 0 Å². The average molecular weight is 154 g/mol. The Morgan fingerprint density at radius 2 is 1.00 bits per heavy atom. The molecule has 4 heteroatoms. The van der Waals surface area contributed by atoms with Gasteiger partial charge in [-0.1, -0.05) is 0 Å². The van der Waals surface area contributed by atoms with Crippen LogP contribution in [0.1, 0.15) is 0 Å². The SMILES string of the molecule is [AlH3].[LiH].[MgH2].[SrH2]. The Hall–Kier alpha value is 3.38. The first kappa shape index (κ1) is 26.3. The molecule has 0 spiro atoms. The number of hydrogen-bond donors (Lipinski definition) is 0. The molecule has 4 heavy (non-hydrogen) atoms. The second-order valence-electron chi connectivity index (χ2n) is 0. The quantitative estimate of drug-likeness (QED) is 0.315. The van der Waals surface area contributed by atoms with E-state index in [1.807, 2.05) is 0 Å². The van der Waals surface area contributed by atoms with Crippen LogP contribution in [0.15, 0.2) is 0 Å². The molecule has 0 unspecified atom stereocenters. The van der Waals surface area contributed by atoms with Crippen LogP contribution in [-0.2, 0) is 0 Å². The Bertz CT molecular complexity index is 8.00. The van der Waals surface area contributed by atoms with Crippen molar-refractivity contribution in [1.82, 2.24) is 0 Å². The molecule has 0 aliphatic heterocycles. The van der Waals surface area contributed by atoms with Gasteiger partial charge in [-0.2, -0.15) is 0 Å². The van der Waals surface area contributed by atoms with Crippen molar-refractivity contribution >= 4 is 105 Å². The summed E-state index contributed by atoms with van der Waals surface area (Å²) < 4.78 is 0. The fourth-order valence-corrected chi connectivity index (χ4v) is 0. The van der Waals surface area contributed by atoms with Crippen LogP contribution < -0.4 is 0 Å². The van der Waals surface area contributed by atoms with E-state index in [2.05, 4.69) is 0 Å². The molecule has 0 radical (unpaired) electrons. The summed E-state index contributed by atoms with van der Waals surface area (Å²) in [5.74, 6) is 0. The first-order chi connectivity index (χ1) is 0. The van der Waals surface area contributed by atoms with Gasteiger partial charge in [-0.05, 0) is 0 Å². The molecule has 0 N–H and O–H groups in total. The van der Waals surface area contributed by atoms with Crippen LogP contribution >= 0.6 is 0 Å². The Morgan fingerprint density at radius 1 is 1.00 bits per heavy atom. The van der Waals surface area contributed by atoms with E-state index in [-0.39, 0.29) is 105 Å². The molecule has 0 nitrogen and oxygen atoms in total. The van der Waals surface area contributed by atoms with Crippen LogP contribution in [0.25, 0.3) is 0 Å². The van der Waals surface area contributed by atoms with E-state index in [0.717, 1.165) is 0 Å². The summed E-state index contributed by atoms with van der Waals surface area (Å²) in [6.07, 6.45) is 0. The van der Waals surface area contributed by atoms with Crippen molar-refractivity contribution in [2.24, 2.45) is 0 Å². The number of rotatable bonds is 0. The van der Waals surface area contributed by atoms with Gasteiger partial charge in [-0.15, -0.1) is 0 Å². The second kappa shape index (κ2) is 16.2. The minimum atomic E-state index is 0. The summed E-state index contributed by atoms with van der Waals surface area (Å²) in [5, 5.41) is 0. The fourth-order valence-electron chi connectivity index (χ4n) is 0. The summed E-state index contributed by atoms with van der Waals surface area (Å²) >= 11 is 0. The summed E-state index contributed by atoms with van der Waals surface area (Å²) in [5.41, 5.74) is 0. The first-order valence-electron chi connectivity index (χ1n) is 0. The Morgan fingerprint density at radius 3 is 1.00 bits per heavy atom. The van der Waals surface area contributed by atoms with Gasteiger partial charge in [-0.3, -0.25) is 0 Å². The number of hydrogen-bond acceptors (Lipinski definition) is 0. The van der Waals surface area contributed by atoms with Crippen LogP contribution in [0.5, 0.6) is 0 Å². The fraction of sp³-hybridized carbons (Fsp3) is 0.